The van der Waals surface area contributed by atoms with Gasteiger partial charge in [0.05, 0.1) is 6.61 Å². The minimum atomic E-state index is 0.104. The summed E-state index contributed by atoms with van der Waals surface area (Å²) in [5.74, 6) is 1.32. The molecule has 1 fully saturated rings. The van der Waals surface area contributed by atoms with Crippen LogP contribution in [0.1, 0.15) is 12.8 Å². The lowest BCUT2D eigenvalue weighted by Gasteiger charge is -2.23. The Labute approximate surface area is 103 Å². The number of hydrogen-bond acceptors (Lipinski definition) is 5. The molecule has 7 heteroatoms. The normalized spacial score (nSPS) is 15.4. The van der Waals surface area contributed by atoms with Gasteiger partial charge in [-0.1, -0.05) is 11.6 Å². The van der Waals surface area contributed by atoms with E-state index in [2.05, 4.69) is 20.0 Å². The van der Waals surface area contributed by atoms with Gasteiger partial charge in [-0.2, -0.15) is 19.6 Å². The van der Waals surface area contributed by atoms with Crippen LogP contribution >= 0.6 is 11.6 Å². The third-order valence-corrected chi connectivity index (χ3v) is 3.02. The zero-order valence-corrected chi connectivity index (χ0v) is 9.88. The van der Waals surface area contributed by atoms with Crippen molar-refractivity contribution in [1.29, 1.82) is 0 Å². The Morgan fingerprint density at radius 2 is 2.35 bits per heavy atom. The fraction of sp³-hybridized carbons (Fsp3) is 0.500. The standard InChI is InChI=1S/C10H12ClN5O/c11-8-5-9(15(3-4-17)7-1-2-7)16-10(14-8)12-6-13-16/h5-7,17H,1-4H2. The van der Waals surface area contributed by atoms with E-state index in [0.717, 1.165) is 18.7 Å². The number of anilines is 1. The van der Waals surface area contributed by atoms with E-state index < -0.39 is 0 Å². The van der Waals surface area contributed by atoms with Crippen molar-refractivity contribution >= 4 is 23.2 Å². The molecule has 2 heterocycles. The Balaban J connectivity index is 2.09. The fourth-order valence-electron chi connectivity index (χ4n) is 1.95. The maximum absolute atomic E-state index is 9.13. The second kappa shape index (κ2) is 4.12. The minimum absolute atomic E-state index is 0.104. The van der Waals surface area contributed by atoms with Gasteiger partial charge in [0.2, 0.25) is 0 Å². The quantitative estimate of drug-likeness (QED) is 0.814. The van der Waals surface area contributed by atoms with Gasteiger partial charge in [0, 0.05) is 18.7 Å². The van der Waals surface area contributed by atoms with Crippen LogP contribution in [0.5, 0.6) is 0 Å². The van der Waals surface area contributed by atoms with Gasteiger partial charge in [0.25, 0.3) is 5.78 Å². The Kier molecular flexibility index (Phi) is 2.60. The van der Waals surface area contributed by atoms with E-state index in [9.17, 15) is 0 Å². The van der Waals surface area contributed by atoms with Crippen molar-refractivity contribution in [3.8, 4) is 0 Å². The van der Waals surface area contributed by atoms with Crippen LogP contribution in [0.3, 0.4) is 0 Å². The second-order valence-electron chi connectivity index (χ2n) is 4.06. The lowest BCUT2D eigenvalue weighted by atomic mass is 10.4. The minimum Gasteiger partial charge on any atom is -0.395 e. The lowest BCUT2D eigenvalue weighted by Crippen LogP contribution is -2.31. The summed E-state index contributed by atoms with van der Waals surface area (Å²) < 4.78 is 1.65. The van der Waals surface area contributed by atoms with E-state index in [4.69, 9.17) is 16.7 Å². The first-order valence-electron chi connectivity index (χ1n) is 5.53. The highest BCUT2D eigenvalue weighted by Crippen LogP contribution is 2.31. The van der Waals surface area contributed by atoms with Crippen LogP contribution in [0.4, 0.5) is 5.82 Å². The Bertz CT molecular complexity index is 538. The van der Waals surface area contributed by atoms with Gasteiger partial charge in [-0.3, -0.25) is 0 Å². The monoisotopic (exact) mass is 253 g/mol. The average Bonchev–Trinajstić information content (AvgIpc) is 3.04. The predicted molar refractivity (Wildman–Crippen MR) is 63.2 cm³/mol. The van der Waals surface area contributed by atoms with Crippen molar-refractivity contribution in [3.63, 3.8) is 0 Å². The predicted octanol–water partition coefficient (Wildman–Crippen LogP) is 0.739. The van der Waals surface area contributed by atoms with E-state index in [-0.39, 0.29) is 6.61 Å². The Morgan fingerprint density at radius 1 is 1.53 bits per heavy atom. The molecule has 2 aromatic rings. The zero-order valence-electron chi connectivity index (χ0n) is 9.12. The van der Waals surface area contributed by atoms with Gasteiger partial charge in [-0.15, -0.1) is 0 Å². The molecule has 0 spiro atoms. The maximum atomic E-state index is 9.13. The molecule has 0 atom stereocenters. The molecule has 0 unspecified atom stereocenters. The smallest absolute Gasteiger partial charge is 0.255 e. The number of hydrogen-bond donors (Lipinski definition) is 1. The summed E-state index contributed by atoms with van der Waals surface area (Å²) in [5.41, 5.74) is 0. The molecule has 0 saturated heterocycles. The van der Waals surface area contributed by atoms with Crippen molar-refractivity contribution < 1.29 is 5.11 Å². The van der Waals surface area contributed by atoms with Gasteiger partial charge in [-0.05, 0) is 12.8 Å². The van der Waals surface area contributed by atoms with Gasteiger partial charge < -0.3 is 10.0 Å². The first kappa shape index (κ1) is 10.7. The average molecular weight is 254 g/mol. The number of rotatable bonds is 4. The van der Waals surface area contributed by atoms with Gasteiger partial charge in [0.15, 0.2) is 0 Å². The highest BCUT2D eigenvalue weighted by molar-refractivity contribution is 6.29. The first-order valence-corrected chi connectivity index (χ1v) is 5.91. The molecule has 0 aromatic carbocycles. The molecular weight excluding hydrogens is 242 g/mol. The molecule has 0 bridgehead atoms. The molecule has 0 amide bonds. The van der Waals surface area contributed by atoms with Crippen molar-refractivity contribution in [1.82, 2.24) is 19.6 Å². The summed E-state index contributed by atoms with van der Waals surface area (Å²) in [6.45, 7) is 0.673. The summed E-state index contributed by atoms with van der Waals surface area (Å²) in [5, 5.41) is 13.7. The third kappa shape index (κ3) is 1.94. The number of nitrogens with zero attached hydrogens (tertiary/aromatic N) is 5. The second-order valence-corrected chi connectivity index (χ2v) is 4.44. The van der Waals surface area contributed by atoms with Crippen molar-refractivity contribution in [2.45, 2.75) is 18.9 Å². The van der Waals surface area contributed by atoms with E-state index in [1.807, 2.05) is 0 Å². The van der Waals surface area contributed by atoms with Crippen LogP contribution < -0.4 is 4.90 Å². The van der Waals surface area contributed by atoms with E-state index in [1.54, 1.807) is 10.6 Å². The van der Waals surface area contributed by atoms with Crippen molar-refractivity contribution in [3.05, 3.63) is 17.5 Å². The van der Waals surface area contributed by atoms with Crippen LogP contribution in [0.2, 0.25) is 5.15 Å². The van der Waals surface area contributed by atoms with Crippen LogP contribution in [-0.4, -0.2) is 43.9 Å². The fourth-order valence-corrected chi connectivity index (χ4v) is 2.12. The Hall–Kier alpha value is -1.40. The Morgan fingerprint density at radius 3 is 3.06 bits per heavy atom. The molecule has 17 heavy (non-hydrogen) atoms. The summed E-state index contributed by atoms with van der Waals surface area (Å²) in [7, 11) is 0. The summed E-state index contributed by atoms with van der Waals surface area (Å²) in [4.78, 5) is 10.2. The first-order chi connectivity index (χ1) is 8.29. The SMILES string of the molecule is OCCN(c1cc(Cl)nc2ncnn12)C1CC1. The van der Waals surface area contributed by atoms with Crippen LogP contribution in [0.15, 0.2) is 12.4 Å². The highest BCUT2D eigenvalue weighted by atomic mass is 35.5. The molecule has 1 saturated carbocycles. The van der Waals surface area contributed by atoms with Crippen LogP contribution in [0.25, 0.3) is 5.78 Å². The molecular formula is C10H12ClN5O. The maximum Gasteiger partial charge on any atom is 0.255 e. The third-order valence-electron chi connectivity index (χ3n) is 2.82. The van der Waals surface area contributed by atoms with Crippen molar-refractivity contribution in [2.24, 2.45) is 0 Å². The van der Waals surface area contributed by atoms with E-state index in [1.165, 1.54) is 6.33 Å². The number of aliphatic hydroxyl groups excluding tert-OH is 1. The highest BCUT2D eigenvalue weighted by Gasteiger charge is 2.30. The summed E-state index contributed by atoms with van der Waals surface area (Å²) >= 11 is 5.97. The molecule has 0 aliphatic heterocycles. The largest absolute Gasteiger partial charge is 0.395 e. The topological polar surface area (TPSA) is 66.5 Å². The molecule has 1 N–H and O–H groups in total. The summed E-state index contributed by atoms with van der Waals surface area (Å²) in [6.07, 6.45) is 3.72. The van der Waals surface area contributed by atoms with Gasteiger partial charge in [0.1, 0.15) is 17.3 Å². The molecule has 3 rings (SSSR count). The van der Waals surface area contributed by atoms with Crippen LogP contribution in [-0.2, 0) is 0 Å². The van der Waals surface area contributed by atoms with Gasteiger partial charge >= 0.3 is 0 Å². The zero-order chi connectivity index (χ0) is 11.8. The molecule has 1 aliphatic carbocycles. The molecule has 6 nitrogen and oxygen atoms in total. The molecule has 1 aliphatic rings. The molecule has 2 aromatic heterocycles. The number of halogens is 1. The molecule has 0 radical (unpaired) electrons. The van der Waals surface area contributed by atoms with E-state index in [0.29, 0.717) is 23.5 Å². The summed E-state index contributed by atoms with van der Waals surface area (Å²) in [6, 6.07) is 2.23. The van der Waals surface area contributed by atoms with Gasteiger partial charge in [-0.25, -0.2) is 0 Å². The number of fused-ring (bicyclic) bond motifs is 1. The molecule has 90 valence electrons. The lowest BCUT2D eigenvalue weighted by molar-refractivity contribution is 0.301. The number of aliphatic hydroxyl groups is 1. The number of aromatic nitrogens is 4. The van der Waals surface area contributed by atoms with Crippen molar-refractivity contribution in [2.75, 3.05) is 18.1 Å². The van der Waals surface area contributed by atoms with Crippen LogP contribution in [0, 0.1) is 0 Å². The van der Waals surface area contributed by atoms with E-state index >= 15 is 0 Å².